The predicted octanol–water partition coefficient (Wildman–Crippen LogP) is 1.94. The summed E-state index contributed by atoms with van der Waals surface area (Å²) in [5.74, 6) is -1.69. The smallest absolute Gasteiger partial charge is 0.307 e. The first-order valence-electron chi connectivity index (χ1n) is 4.70. The number of rotatable bonds is 5. The molecule has 0 aliphatic carbocycles. The molecule has 0 atom stereocenters. The quantitative estimate of drug-likeness (QED) is 0.807. The SMILES string of the molecule is O=C(O)CCc1ccc(CC(=O)O)cc1I. The third kappa shape index (κ3) is 4.18. The topological polar surface area (TPSA) is 74.6 Å². The monoisotopic (exact) mass is 334 g/mol. The zero-order valence-electron chi connectivity index (χ0n) is 8.44. The first-order chi connectivity index (χ1) is 7.49. The lowest BCUT2D eigenvalue weighted by molar-refractivity contribution is -0.137. The van der Waals surface area contributed by atoms with Crippen LogP contribution in [0.1, 0.15) is 17.5 Å². The molecule has 0 spiro atoms. The van der Waals surface area contributed by atoms with Crippen LogP contribution in [0.5, 0.6) is 0 Å². The van der Waals surface area contributed by atoms with Gasteiger partial charge in [-0.05, 0) is 46.2 Å². The van der Waals surface area contributed by atoms with Gasteiger partial charge < -0.3 is 10.2 Å². The summed E-state index contributed by atoms with van der Waals surface area (Å²) in [5.41, 5.74) is 1.67. The minimum Gasteiger partial charge on any atom is -0.481 e. The standard InChI is InChI=1S/C11H11IO4/c12-9-5-7(6-11(15)16)1-2-8(9)3-4-10(13)14/h1-2,5H,3-4,6H2,(H,13,14)(H,15,16). The van der Waals surface area contributed by atoms with Crippen LogP contribution in [0, 0.1) is 3.57 Å². The van der Waals surface area contributed by atoms with Crippen LogP contribution in [0.4, 0.5) is 0 Å². The molecule has 0 aliphatic rings. The second kappa shape index (κ2) is 5.83. The third-order valence-corrected chi connectivity index (χ3v) is 3.09. The van der Waals surface area contributed by atoms with Crippen molar-refractivity contribution in [2.45, 2.75) is 19.3 Å². The highest BCUT2D eigenvalue weighted by atomic mass is 127. The normalized spacial score (nSPS) is 10.1. The molecule has 0 amide bonds. The molecule has 0 bridgehead atoms. The molecule has 5 heteroatoms. The second-order valence-electron chi connectivity index (χ2n) is 3.39. The lowest BCUT2D eigenvalue weighted by Crippen LogP contribution is -2.02. The Balaban J connectivity index is 2.75. The Morgan fingerprint density at radius 3 is 2.38 bits per heavy atom. The molecule has 86 valence electrons. The van der Waals surface area contributed by atoms with Gasteiger partial charge in [-0.1, -0.05) is 12.1 Å². The van der Waals surface area contributed by atoms with Crippen molar-refractivity contribution in [3.05, 3.63) is 32.9 Å². The zero-order chi connectivity index (χ0) is 12.1. The first kappa shape index (κ1) is 13.0. The van der Waals surface area contributed by atoms with Gasteiger partial charge in [0.05, 0.1) is 6.42 Å². The number of carboxylic acid groups (broad SMARTS) is 2. The van der Waals surface area contributed by atoms with E-state index in [0.29, 0.717) is 6.42 Å². The molecule has 0 fully saturated rings. The van der Waals surface area contributed by atoms with E-state index in [1.165, 1.54) is 0 Å². The molecule has 4 nitrogen and oxygen atoms in total. The van der Waals surface area contributed by atoms with Crippen LogP contribution in [0.2, 0.25) is 0 Å². The first-order valence-corrected chi connectivity index (χ1v) is 5.78. The van der Waals surface area contributed by atoms with Crippen molar-refractivity contribution in [3.63, 3.8) is 0 Å². The summed E-state index contributed by atoms with van der Waals surface area (Å²) in [6.45, 7) is 0. The Labute approximate surface area is 106 Å². The highest BCUT2D eigenvalue weighted by molar-refractivity contribution is 14.1. The van der Waals surface area contributed by atoms with E-state index in [0.717, 1.165) is 14.7 Å². The maximum absolute atomic E-state index is 10.5. The molecule has 1 rings (SSSR count). The molecule has 0 saturated heterocycles. The van der Waals surface area contributed by atoms with Gasteiger partial charge in [0.25, 0.3) is 0 Å². The van der Waals surface area contributed by atoms with Crippen LogP contribution in [0.25, 0.3) is 0 Å². The average molecular weight is 334 g/mol. The molecule has 0 heterocycles. The van der Waals surface area contributed by atoms with Crippen molar-refractivity contribution in [1.29, 1.82) is 0 Å². The van der Waals surface area contributed by atoms with E-state index in [9.17, 15) is 9.59 Å². The van der Waals surface area contributed by atoms with Crippen molar-refractivity contribution in [3.8, 4) is 0 Å². The average Bonchev–Trinajstić information content (AvgIpc) is 2.15. The number of halogens is 1. The van der Waals surface area contributed by atoms with Crippen LogP contribution < -0.4 is 0 Å². The largest absolute Gasteiger partial charge is 0.481 e. The lowest BCUT2D eigenvalue weighted by atomic mass is 10.1. The minimum atomic E-state index is -0.867. The summed E-state index contributed by atoms with van der Waals surface area (Å²) in [4.78, 5) is 20.9. The summed E-state index contributed by atoms with van der Waals surface area (Å²) in [6.07, 6.45) is 0.560. The molecule has 2 N–H and O–H groups in total. The minimum absolute atomic E-state index is 0.00475. The number of carbonyl (C=O) groups is 2. The van der Waals surface area contributed by atoms with Gasteiger partial charge in [-0.3, -0.25) is 9.59 Å². The Morgan fingerprint density at radius 2 is 1.88 bits per heavy atom. The van der Waals surface area contributed by atoms with E-state index in [2.05, 4.69) is 22.6 Å². The number of hydrogen-bond acceptors (Lipinski definition) is 2. The van der Waals surface area contributed by atoms with Crippen LogP contribution >= 0.6 is 22.6 Å². The fraction of sp³-hybridized carbons (Fsp3) is 0.273. The van der Waals surface area contributed by atoms with Crippen LogP contribution in [-0.2, 0) is 22.4 Å². The predicted molar refractivity (Wildman–Crippen MR) is 66.5 cm³/mol. The van der Waals surface area contributed by atoms with Gasteiger partial charge in [0.15, 0.2) is 0 Å². The van der Waals surface area contributed by atoms with E-state index in [1.54, 1.807) is 18.2 Å². The maximum atomic E-state index is 10.5. The van der Waals surface area contributed by atoms with Crippen molar-refractivity contribution < 1.29 is 19.8 Å². The molecule has 16 heavy (non-hydrogen) atoms. The highest BCUT2D eigenvalue weighted by Gasteiger charge is 2.06. The van der Waals surface area contributed by atoms with E-state index in [4.69, 9.17) is 10.2 Å². The fourth-order valence-electron chi connectivity index (χ4n) is 1.32. The molecule has 0 radical (unpaired) electrons. The van der Waals surface area contributed by atoms with Crippen molar-refractivity contribution in [2.24, 2.45) is 0 Å². The van der Waals surface area contributed by atoms with Gasteiger partial charge in [-0.25, -0.2) is 0 Å². The van der Waals surface area contributed by atoms with E-state index in [-0.39, 0.29) is 12.8 Å². The van der Waals surface area contributed by atoms with Gasteiger partial charge in [-0.15, -0.1) is 0 Å². The van der Waals surface area contributed by atoms with Crippen LogP contribution in [0.15, 0.2) is 18.2 Å². The van der Waals surface area contributed by atoms with Gasteiger partial charge in [0, 0.05) is 9.99 Å². The summed E-state index contributed by atoms with van der Waals surface area (Å²) in [6, 6.07) is 5.31. The number of benzene rings is 1. The summed E-state index contributed by atoms with van der Waals surface area (Å²) in [7, 11) is 0. The van der Waals surface area contributed by atoms with E-state index < -0.39 is 11.9 Å². The Kier molecular flexibility index (Phi) is 4.72. The number of hydrogen-bond donors (Lipinski definition) is 2. The van der Waals surface area contributed by atoms with E-state index in [1.807, 2.05) is 0 Å². The van der Waals surface area contributed by atoms with Crippen LogP contribution in [0.3, 0.4) is 0 Å². The molecular formula is C11H11IO4. The van der Waals surface area contributed by atoms with Gasteiger partial charge in [0.2, 0.25) is 0 Å². The van der Waals surface area contributed by atoms with Crippen molar-refractivity contribution in [2.75, 3.05) is 0 Å². The third-order valence-electron chi connectivity index (χ3n) is 2.08. The van der Waals surface area contributed by atoms with Crippen LogP contribution in [-0.4, -0.2) is 22.2 Å². The Bertz CT molecular complexity index is 414. The van der Waals surface area contributed by atoms with Crippen molar-refractivity contribution >= 4 is 34.5 Å². The van der Waals surface area contributed by atoms with Gasteiger partial charge in [0.1, 0.15) is 0 Å². The number of aryl methyl sites for hydroxylation is 1. The molecule has 0 saturated carbocycles. The zero-order valence-corrected chi connectivity index (χ0v) is 10.6. The van der Waals surface area contributed by atoms with Crippen molar-refractivity contribution in [1.82, 2.24) is 0 Å². The molecule has 0 aromatic heterocycles. The molecular weight excluding hydrogens is 323 g/mol. The molecule has 1 aromatic rings. The number of aliphatic carboxylic acids is 2. The summed E-state index contributed by atoms with van der Waals surface area (Å²) >= 11 is 2.09. The highest BCUT2D eigenvalue weighted by Crippen LogP contribution is 2.16. The van der Waals surface area contributed by atoms with Gasteiger partial charge >= 0.3 is 11.9 Å². The molecule has 0 aliphatic heterocycles. The Hall–Kier alpha value is -1.11. The van der Waals surface area contributed by atoms with E-state index >= 15 is 0 Å². The molecule has 1 aromatic carbocycles. The summed E-state index contributed by atoms with van der Waals surface area (Å²) in [5, 5.41) is 17.2. The molecule has 0 unspecified atom stereocenters. The summed E-state index contributed by atoms with van der Waals surface area (Å²) < 4.78 is 0.914. The second-order valence-corrected chi connectivity index (χ2v) is 4.55. The Morgan fingerprint density at radius 1 is 1.19 bits per heavy atom. The van der Waals surface area contributed by atoms with Gasteiger partial charge in [-0.2, -0.15) is 0 Å². The fourth-order valence-corrected chi connectivity index (χ4v) is 2.17. The maximum Gasteiger partial charge on any atom is 0.307 e. The number of carboxylic acids is 2. The lowest BCUT2D eigenvalue weighted by Gasteiger charge is -2.05.